The summed E-state index contributed by atoms with van der Waals surface area (Å²) in [6.45, 7) is 3.80. The highest BCUT2D eigenvalue weighted by atomic mass is 35.5. The minimum absolute atomic E-state index is 0. The van der Waals surface area contributed by atoms with Gasteiger partial charge in [0.15, 0.2) is 0 Å². The Labute approximate surface area is 113 Å². The number of hydrogen-bond donors (Lipinski definition) is 1. The molecule has 0 amide bonds. The molecule has 1 saturated carbocycles. The van der Waals surface area contributed by atoms with Gasteiger partial charge in [0, 0.05) is 12.6 Å². The molecule has 2 nitrogen and oxygen atoms in total. The zero-order chi connectivity index (χ0) is 11.2. The standard InChI is InChI=1S/C14H28N2.ClH/c1-16(12-13-6-3-2-4-7-13)14-8-5-10-15-11-9-14;/h13-15H,2-12H2,1H3;1H. The molecule has 0 radical (unpaired) electrons. The number of halogens is 1. The summed E-state index contributed by atoms with van der Waals surface area (Å²) in [5, 5.41) is 3.51. The van der Waals surface area contributed by atoms with Crippen LogP contribution in [-0.4, -0.2) is 37.6 Å². The van der Waals surface area contributed by atoms with Gasteiger partial charge in [-0.2, -0.15) is 0 Å². The molecule has 1 unspecified atom stereocenters. The van der Waals surface area contributed by atoms with Crippen LogP contribution in [0.25, 0.3) is 0 Å². The summed E-state index contributed by atoms with van der Waals surface area (Å²) < 4.78 is 0. The number of hydrogen-bond acceptors (Lipinski definition) is 2. The summed E-state index contributed by atoms with van der Waals surface area (Å²) >= 11 is 0. The van der Waals surface area contributed by atoms with Crippen LogP contribution in [0, 0.1) is 5.92 Å². The van der Waals surface area contributed by atoms with Crippen LogP contribution in [0.4, 0.5) is 0 Å². The van der Waals surface area contributed by atoms with Crippen molar-refractivity contribution in [2.75, 3.05) is 26.7 Å². The van der Waals surface area contributed by atoms with Crippen molar-refractivity contribution in [3.05, 3.63) is 0 Å². The number of rotatable bonds is 3. The lowest BCUT2D eigenvalue weighted by molar-refractivity contribution is 0.171. The van der Waals surface area contributed by atoms with Crippen molar-refractivity contribution in [3.63, 3.8) is 0 Å². The predicted octanol–water partition coefficient (Wildman–Crippen LogP) is 3.06. The highest BCUT2D eigenvalue weighted by Crippen LogP contribution is 2.25. The lowest BCUT2D eigenvalue weighted by Gasteiger charge is -2.32. The van der Waals surface area contributed by atoms with Crippen LogP contribution in [-0.2, 0) is 0 Å². The van der Waals surface area contributed by atoms with Gasteiger partial charge in [-0.3, -0.25) is 0 Å². The molecule has 102 valence electrons. The maximum absolute atomic E-state index is 3.51. The first kappa shape index (κ1) is 15.3. The Morgan fingerprint density at radius 3 is 2.47 bits per heavy atom. The van der Waals surface area contributed by atoms with Crippen LogP contribution in [0.15, 0.2) is 0 Å². The molecule has 2 rings (SSSR count). The Morgan fingerprint density at radius 2 is 1.71 bits per heavy atom. The Hall–Kier alpha value is 0.210. The van der Waals surface area contributed by atoms with Crippen LogP contribution in [0.5, 0.6) is 0 Å². The summed E-state index contributed by atoms with van der Waals surface area (Å²) in [5.74, 6) is 0.995. The van der Waals surface area contributed by atoms with Gasteiger partial charge >= 0.3 is 0 Å². The third-order valence-electron chi connectivity index (χ3n) is 4.44. The van der Waals surface area contributed by atoms with E-state index in [0.29, 0.717) is 0 Å². The maximum atomic E-state index is 3.51. The maximum Gasteiger partial charge on any atom is 0.0105 e. The molecule has 2 fully saturated rings. The second-order valence-electron chi connectivity index (χ2n) is 5.78. The molecule has 1 aliphatic carbocycles. The topological polar surface area (TPSA) is 15.3 Å². The second-order valence-corrected chi connectivity index (χ2v) is 5.78. The average Bonchev–Trinajstić information content (AvgIpc) is 2.59. The van der Waals surface area contributed by atoms with Gasteiger partial charge in [0.05, 0.1) is 0 Å². The molecule has 1 heterocycles. The quantitative estimate of drug-likeness (QED) is 0.839. The van der Waals surface area contributed by atoms with E-state index in [2.05, 4.69) is 17.3 Å². The minimum Gasteiger partial charge on any atom is -0.317 e. The summed E-state index contributed by atoms with van der Waals surface area (Å²) in [6, 6.07) is 0.844. The van der Waals surface area contributed by atoms with E-state index in [4.69, 9.17) is 0 Å². The van der Waals surface area contributed by atoms with Crippen molar-refractivity contribution >= 4 is 12.4 Å². The molecule has 0 aromatic heterocycles. The Morgan fingerprint density at radius 1 is 0.941 bits per heavy atom. The summed E-state index contributed by atoms with van der Waals surface area (Å²) in [7, 11) is 2.35. The van der Waals surface area contributed by atoms with E-state index in [1.807, 2.05) is 0 Å². The van der Waals surface area contributed by atoms with E-state index in [1.54, 1.807) is 0 Å². The minimum atomic E-state index is 0. The normalized spacial score (nSPS) is 27.5. The third kappa shape index (κ3) is 5.15. The van der Waals surface area contributed by atoms with E-state index in [1.165, 1.54) is 71.0 Å². The molecule has 2 aliphatic rings. The molecule has 1 atom stereocenters. The highest BCUT2D eigenvalue weighted by molar-refractivity contribution is 5.85. The van der Waals surface area contributed by atoms with Gasteiger partial charge in [-0.1, -0.05) is 19.3 Å². The van der Waals surface area contributed by atoms with Crippen molar-refractivity contribution in [1.82, 2.24) is 10.2 Å². The molecular weight excluding hydrogens is 232 g/mol. The second kappa shape index (κ2) is 8.34. The molecule has 0 aromatic rings. The van der Waals surface area contributed by atoms with Crippen LogP contribution < -0.4 is 5.32 Å². The first-order valence-electron chi connectivity index (χ1n) is 7.27. The van der Waals surface area contributed by atoms with Crippen molar-refractivity contribution in [3.8, 4) is 0 Å². The Bertz CT molecular complexity index is 185. The van der Waals surface area contributed by atoms with Crippen LogP contribution in [0.3, 0.4) is 0 Å². The number of nitrogens with zero attached hydrogens (tertiary/aromatic N) is 1. The molecule has 1 N–H and O–H groups in total. The first-order chi connectivity index (χ1) is 7.86. The van der Waals surface area contributed by atoms with Crippen LogP contribution in [0.1, 0.15) is 51.4 Å². The Balaban J connectivity index is 0.00000144. The summed E-state index contributed by atoms with van der Waals surface area (Å²) in [4.78, 5) is 2.66. The van der Waals surface area contributed by atoms with Crippen molar-refractivity contribution in [2.24, 2.45) is 5.92 Å². The molecule has 0 aromatic carbocycles. The fourth-order valence-electron chi connectivity index (χ4n) is 3.37. The molecule has 0 bridgehead atoms. The molecular formula is C14H29ClN2. The zero-order valence-corrected chi connectivity index (χ0v) is 12.1. The van der Waals surface area contributed by atoms with Gasteiger partial charge in [0.2, 0.25) is 0 Å². The lowest BCUT2D eigenvalue weighted by atomic mass is 9.88. The summed E-state index contributed by atoms with van der Waals surface area (Å²) in [5.41, 5.74) is 0. The molecule has 17 heavy (non-hydrogen) atoms. The van der Waals surface area contributed by atoms with Crippen LogP contribution in [0.2, 0.25) is 0 Å². The SMILES string of the molecule is CN(CC1CCCCC1)C1CCCNCC1.Cl. The van der Waals surface area contributed by atoms with Gasteiger partial charge in [-0.25, -0.2) is 0 Å². The van der Waals surface area contributed by atoms with Crippen molar-refractivity contribution in [1.29, 1.82) is 0 Å². The van der Waals surface area contributed by atoms with Gasteiger partial charge in [0.1, 0.15) is 0 Å². The van der Waals surface area contributed by atoms with E-state index in [-0.39, 0.29) is 12.4 Å². The van der Waals surface area contributed by atoms with E-state index in [0.717, 1.165) is 12.0 Å². The zero-order valence-electron chi connectivity index (χ0n) is 11.3. The Kier molecular flexibility index (Phi) is 7.49. The van der Waals surface area contributed by atoms with Gasteiger partial charge in [-0.15, -0.1) is 12.4 Å². The fourth-order valence-corrected chi connectivity index (χ4v) is 3.37. The molecule has 0 spiro atoms. The van der Waals surface area contributed by atoms with Crippen LogP contribution >= 0.6 is 12.4 Å². The van der Waals surface area contributed by atoms with Gasteiger partial charge < -0.3 is 10.2 Å². The smallest absolute Gasteiger partial charge is 0.0105 e. The fraction of sp³-hybridized carbons (Fsp3) is 1.00. The highest BCUT2D eigenvalue weighted by Gasteiger charge is 2.21. The molecule has 1 saturated heterocycles. The third-order valence-corrected chi connectivity index (χ3v) is 4.44. The van der Waals surface area contributed by atoms with Crippen molar-refractivity contribution in [2.45, 2.75) is 57.4 Å². The monoisotopic (exact) mass is 260 g/mol. The van der Waals surface area contributed by atoms with E-state index >= 15 is 0 Å². The molecule has 1 aliphatic heterocycles. The van der Waals surface area contributed by atoms with Gasteiger partial charge in [0.25, 0.3) is 0 Å². The average molecular weight is 261 g/mol. The van der Waals surface area contributed by atoms with Gasteiger partial charge in [-0.05, 0) is 58.2 Å². The van der Waals surface area contributed by atoms with E-state index < -0.39 is 0 Å². The van der Waals surface area contributed by atoms with E-state index in [9.17, 15) is 0 Å². The predicted molar refractivity (Wildman–Crippen MR) is 77.0 cm³/mol. The summed E-state index contributed by atoms with van der Waals surface area (Å²) in [6.07, 6.45) is 11.5. The van der Waals surface area contributed by atoms with Crippen molar-refractivity contribution < 1.29 is 0 Å². The molecule has 3 heteroatoms. The largest absolute Gasteiger partial charge is 0.317 e. The number of nitrogens with one attached hydrogen (secondary N) is 1. The first-order valence-corrected chi connectivity index (χ1v) is 7.27. The lowest BCUT2D eigenvalue weighted by Crippen LogP contribution is -2.36.